The summed E-state index contributed by atoms with van der Waals surface area (Å²) in [6.07, 6.45) is 18.9. The molecule has 3 nitrogen and oxygen atoms in total. The molecule has 4 heteroatoms. The van der Waals surface area contributed by atoms with Crippen LogP contribution in [0.3, 0.4) is 0 Å². The Kier molecular flexibility index (Phi) is 24.0. The van der Waals surface area contributed by atoms with Gasteiger partial charge in [0.2, 0.25) is 0 Å². The zero-order valence-electron chi connectivity index (χ0n) is 15.1. The number of carboxylic acids is 1. The monoisotopic (exact) mass is 321 g/mol. The molecular weight excluding hydrogens is 285 g/mol. The molecule has 0 atom stereocenters. The van der Waals surface area contributed by atoms with Crippen molar-refractivity contribution >= 4 is 5.97 Å². The Morgan fingerprint density at radius 2 is 1.09 bits per heavy atom. The maximum Gasteiger partial charge on any atom is 1.00 e. The molecule has 0 bridgehead atoms. The largest absolute Gasteiger partial charge is 1.00 e. The molecule has 0 fully saturated rings. The van der Waals surface area contributed by atoms with E-state index in [4.69, 9.17) is 0 Å². The van der Waals surface area contributed by atoms with Gasteiger partial charge in [0.1, 0.15) is 0 Å². The third-order valence-electron chi connectivity index (χ3n) is 3.98. The van der Waals surface area contributed by atoms with Gasteiger partial charge in [-0.15, -0.1) is 0 Å². The number of nitrogens with one attached hydrogen (secondary N) is 1. The van der Waals surface area contributed by atoms with E-state index in [9.17, 15) is 9.90 Å². The van der Waals surface area contributed by atoms with Gasteiger partial charge in [-0.25, -0.2) is 0 Å². The maximum atomic E-state index is 10.2. The smallest absolute Gasteiger partial charge is 0.549 e. The van der Waals surface area contributed by atoms with Crippen LogP contribution in [0.5, 0.6) is 0 Å². The van der Waals surface area contributed by atoms with Crippen LogP contribution < -0.4 is 40.0 Å². The van der Waals surface area contributed by atoms with E-state index >= 15 is 0 Å². The Balaban J connectivity index is 0. The molecule has 22 heavy (non-hydrogen) atoms. The second-order valence-electron chi connectivity index (χ2n) is 6.14. The molecular formula is C18H36NNaO2. The van der Waals surface area contributed by atoms with E-state index in [1.165, 1.54) is 83.5 Å². The topological polar surface area (TPSA) is 52.2 Å². The first-order valence-corrected chi connectivity index (χ1v) is 9.18. The van der Waals surface area contributed by atoms with Gasteiger partial charge in [0, 0.05) is 6.54 Å². The molecule has 0 aromatic rings. The van der Waals surface area contributed by atoms with Crippen molar-refractivity contribution in [2.24, 2.45) is 0 Å². The molecule has 0 radical (unpaired) electrons. The van der Waals surface area contributed by atoms with Crippen molar-refractivity contribution in [3.05, 3.63) is 0 Å². The summed E-state index contributed by atoms with van der Waals surface area (Å²) < 4.78 is 0. The summed E-state index contributed by atoms with van der Waals surface area (Å²) in [4.78, 5) is 10.2. The van der Waals surface area contributed by atoms with E-state index in [2.05, 4.69) is 12.2 Å². The van der Waals surface area contributed by atoms with Gasteiger partial charge in [-0.3, -0.25) is 0 Å². The van der Waals surface area contributed by atoms with E-state index in [0.29, 0.717) is 0 Å². The van der Waals surface area contributed by atoms with Crippen LogP contribution in [0.4, 0.5) is 0 Å². The van der Waals surface area contributed by atoms with Crippen LogP contribution in [-0.4, -0.2) is 19.1 Å². The fourth-order valence-electron chi connectivity index (χ4n) is 2.63. The third-order valence-corrected chi connectivity index (χ3v) is 3.98. The molecule has 0 aliphatic heterocycles. The summed E-state index contributed by atoms with van der Waals surface area (Å²) in [6.45, 7) is 3.05. The predicted molar refractivity (Wildman–Crippen MR) is 88.2 cm³/mol. The summed E-state index contributed by atoms with van der Waals surface area (Å²) in [6, 6.07) is 0. The van der Waals surface area contributed by atoms with Gasteiger partial charge in [0.15, 0.2) is 0 Å². The van der Waals surface area contributed by atoms with Crippen molar-refractivity contribution in [2.75, 3.05) is 13.1 Å². The number of carbonyl (C=O) groups is 1. The zero-order valence-corrected chi connectivity index (χ0v) is 17.1. The van der Waals surface area contributed by atoms with Crippen LogP contribution in [0.25, 0.3) is 0 Å². The molecule has 0 saturated heterocycles. The Bertz CT molecular complexity index is 225. The summed E-state index contributed by atoms with van der Waals surface area (Å²) in [5.41, 5.74) is 0. The average Bonchev–Trinajstić information content (AvgIpc) is 2.46. The molecule has 1 N–H and O–H groups in total. The molecule has 0 spiro atoms. The number of carboxylic acid groups (broad SMARTS) is 1. The normalized spacial score (nSPS) is 10.4. The summed E-state index contributed by atoms with van der Waals surface area (Å²) in [7, 11) is 0. The van der Waals surface area contributed by atoms with Crippen LogP contribution in [-0.2, 0) is 4.79 Å². The number of hydrogen-bond acceptors (Lipinski definition) is 3. The number of unbranched alkanes of at least 4 members (excludes halogenated alkanes) is 13. The zero-order chi connectivity index (χ0) is 15.6. The van der Waals surface area contributed by atoms with Crippen LogP contribution in [0, 0.1) is 0 Å². The van der Waals surface area contributed by atoms with Gasteiger partial charge < -0.3 is 15.2 Å². The molecule has 0 heterocycles. The van der Waals surface area contributed by atoms with Gasteiger partial charge in [-0.2, -0.15) is 0 Å². The number of aliphatic carboxylic acids is 1. The van der Waals surface area contributed by atoms with Crippen molar-refractivity contribution in [3.8, 4) is 0 Å². The standard InChI is InChI=1S/C18H37NO2.Na/c1-2-3-4-5-6-7-8-9-10-11-12-13-14-15-16-19-17-18(20)21;/h19H,2-17H2,1H3,(H,20,21);/q;+1/p-1. The molecule has 0 unspecified atom stereocenters. The first-order chi connectivity index (χ1) is 10.3. The van der Waals surface area contributed by atoms with Crippen LogP contribution in [0.2, 0.25) is 0 Å². The van der Waals surface area contributed by atoms with Crippen molar-refractivity contribution in [2.45, 2.75) is 96.8 Å². The van der Waals surface area contributed by atoms with E-state index in [0.717, 1.165) is 13.0 Å². The molecule has 0 rings (SSSR count). The first kappa shape index (κ1) is 24.7. The molecule has 0 aromatic heterocycles. The van der Waals surface area contributed by atoms with Crippen molar-refractivity contribution in [1.82, 2.24) is 5.32 Å². The predicted octanol–water partition coefficient (Wildman–Crippen LogP) is 0.811. The third kappa shape index (κ3) is 22.7. The van der Waals surface area contributed by atoms with Gasteiger partial charge in [0.05, 0.1) is 5.97 Å². The second kappa shape index (κ2) is 21.4. The minimum absolute atomic E-state index is 0. The van der Waals surface area contributed by atoms with Gasteiger partial charge in [0.25, 0.3) is 0 Å². The summed E-state index contributed by atoms with van der Waals surface area (Å²) in [5, 5.41) is 13.0. The number of hydrogen-bond donors (Lipinski definition) is 1. The molecule has 126 valence electrons. The van der Waals surface area contributed by atoms with Crippen molar-refractivity contribution in [3.63, 3.8) is 0 Å². The summed E-state index contributed by atoms with van der Waals surface area (Å²) >= 11 is 0. The molecule has 0 aromatic carbocycles. The van der Waals surface area contributed by atoms with E-state index < -0.39 is 5.97 Å². The van der Waals surface area contributed by atoms with Crippen LogP contribution >= 0.6 is 0 Å². The van der Waals surface area contributed by atoms with Crippen molar-refractivity contribution < 1.29 is 39.5 Å². The molecule has 0 saturated carbocycles. The summed E-state index contributed by atoms with van der Waals surface area (Å²) in [5.74, 6) is -1.01. The molecule has 0 aliphatic carbocycles. The van der Waals surface area contributed by atoms with Crippen LogP contribution in [0.15, 0.2) is 0 Å². The fraction of sp³-hybridized carbons (Fsp3) is 0.944. The van der Waals surface area contributed by atoms with Crippen LogP contribution in [0.1, 0.15) is 96.8 Å². The Morgan fingerprint density at radius 1 is 0.727 bits per heavy atom. The minimum atomic E-state index is -1.01. The van der Waals surface area contributed by atoms with Gasteiger partial charge in [-0.05, 0) is 13.0 Å². The SMILES string of the molecule is CCCCCCCCCCCCCCCCNCC(=O)[O-].[Na+]. The van der Waals surface area contributed by atoms with Gasteiger partial charge >= 0.3 is 29.6 Å². The average molecular weight is 321 g/mol. The van der Waals surface area contributed by atoms with E-state index in [1.54, 1.807) is 0 Å². The number of rotatable bonds is 17. The second-order valence-corrected chi connectivity index (χ2v) is 6.14. The fourth-order valence-corrected chi connectivity index (χ4v) is 2.63. The maximum absolute atomic E-state index is 10.2. The first-order valence-electron chi connectivity index (χ1n) is 9.18. The Hall–Kier alpha value is 0.430. The molecule has 0 aliphatic rings. The van der Waals surface area contributed by atoms with E-state index in [1.807, 2.05) is 0 Å². The minimum Gasteiger partial charge on any atom is -0.549 e. The quantitative estimate of drug-likeness (QED) is 0.319. The van der Waals surface area contributed by atoms with Crippen molar-refractivity contribution in [1.29, 1.82) is 0 Å². The number of carbonyl (C=O) groups excluding carboxylic acids is 1. The molecule has 0 amide bonds. The van der Waals surface area contributed by atoms with E-state index in [-0.39, 0.29) is 36.1 Å². The van der Waals surface area contributed by atoms with Gasteiger partial charge in [-0.1, -0.05) is 90.4 Å². The Morgan fingerprint density at radius 3 is 1.45 bits per heavy atom. The Labute approximate surface area is 160 Å².